The Morgan fingerprint density at radius 2 is 1.36 bits per heavy atom. The molecular formula is C18H28O7. The fourth-order valence-electron chi connectivity index (χ4n) is 2.21. The molecule has 0 amide bonds. The van der Waals surface area contributed by atoms with E-state index < -0.39 is 0 Å². The second-order valence-electron chi connectivity index (χ2n) is 5.37. The molecule has 7 nitrogen and oxygen atoms in total. The summed E-state index contributed by atoms with van der Waals surface area (Å²) in [6, 6.07) is 7.52. The molecule has 0 aliphatic carbocycles. The molecule has 2 rings (SSSR count). The highest BCUT2D eigenvalue weighted by Crippen LogP contribution is 2.25. The second-order valence-corrected chi connectivity index (χ2v) is 5.37. The Balaban J connectivity index is 1.79. The number of benzene rings is 1. The molecule has 1 saturated heterocycles. The molecule has 0 spiro atoms. The number of hydrogen-bond donors (Lipinski definition) is 0. The highest BCUT2D eigenvalue weighted by atomic mass is 16.6. The minimum Gasteiger partial charge on any atom is -0.493 e. The molecule has 1 heterocycles. The van der Waals surface area contributed by atoms with Crippen LogP contribution in [0.4, 0.5) is 0 Å². The molecule has 7 heteroatoms. The van der Waals surface area contributed by atoms with E-state index in [0.29, 0.717) is 77.6 Å². The molecule has 0 bridgehead atoms. The third kappa shape index (κ3) is 8.51. The summed E-state index contributed by atoms with van der Waals surface area (Å²) in [5, 5.41) is 0. The molecular weight excluding hydrogens is 328 g/mol. The summed E-state index contributed by atoms with van der Waals surface area (Å²) in [6.07, 6.45) is -0.199. The molecule has 0 aromatic heterocycles. The molecule has 1 unspecified atom stereocenters. The Kier molecular flexibility index (Phi) is 10.3. The van der Waals surface area contributed by atoms with Crippen molar-refractivity contribution in [2.75, 3.05) is 73.2 Å². The van der Waals surface area contributed by atoms with Crippen LogP contribution >= 0.6 is 0 Å². The Labute approximate surface area is 149 Å². The molecule has 0 N–H and O–H groups in total. The Bertz CT molecular complexity index is 439. The van der Waals surface area contributed by atoms with Gasteiger partial charge in [0, 0.05) is 0 Å². The third-order valence-corrected chi connectivity index (χ3v) is 3.49. The first kappa shape index (κ1) is 19.9. The van der Waals surface area contributed by atoms with Crippen molar-refractivity contribution in [2.45, 2.75) is 6.10 Å². The van der Waals surface area contributed by atoms with Crippen molar-refractivity contribution < 1.29 is 33.2 Å². The lowest BCUT2D eigenvalue weighted by atomic mass is 10.3. The first-order valence-electron chi connectivity index (χ1n) is 8.58. The van der Waals surface area contributed by atoms with Gasteiger partial charge >= 0.3 is 0 Å². The van der Waals surface area contributed by atoms with E-state index in [-0.39, 0.29) is 6.10 Å². The van der Waals surface area contributed by atoms with Gasteiger partial charge in [-0.3, -0.25) is 0 Å². The van der Waals surface area contributed by atoms with Gasteiger partial charge in [-0.1, -0.05) is 12.1 Å². The third-order valence-electron chi connectivity index (χ3n) is 3.49. The number of rotatable bonds is 4. The second kappa shape index (κ2) is 12.9. The first-order chi connectivity index (χ1) is 12.4. The SMILES string of the molecule is COc1ccccc1OCC1COCCOCCOCCOCCO1. The van der Waals surface area contributed by atoms with Crippen LogP contribution in [0.1, 0.15) is 0 Å². The Morgan fingerprint density at radius 1 is 0.800 bits per heavy atom. The summed E-state index contributed by atoms with van der Waals surface area (Å²) in [5.74, 6) is 1.37. The van der Waals surface area contributed by atoms with Gasteiger partial charge in [0.15, 0.2) is 11.5 Å². The van der Waals surface area contributed by atoms with Crippen molar-refractivity contribution in [1.82, 2.24) is 0 Å². The summed E-state index contributed by atoms with van der Waals surface area (Å²) in [6.45, 7) is 5.02. The standard InChI is InChI=1S/C18H28O7/c1-19-17-4-2-3-5-18(17)25-15-16-14-23-11-10-21-7-6-20-8-9-22-12-13-24-16/h2-5,16H,6-15H2,1H3. The Hall–Kier alpha value is -1.38. The van der Waals surface area contributed by atoms with Gasteiger partial charge in [-0.15, -0.1) is 0 Å². The molecule has 25 heavy (non-hydrogen) atoms. The lowest BCUT2D eigenvalue weighted by Crippen LogP contribution is -2.29. The van der Waals surface area contributed by atoms with Crippen LogP contribution in [-0.2, 0) is 23.7 Å². The fraction of sp³-hybridized carbons (Fsp3) is 0.667. The number of hydrogen-bond acceptors (Lipinski definition) is 7. The van der Waals surface area contributed by atoms with Gasteiger partial charge in [-0.05, 0) is 12.1 Å². The van der Waals surface area contributed by atoms with E-state index >= 15 is 0 Å². The van der Waals surface area contributed by atoms with E-state index in [0.717, 1.165) is 0 Å². The van der Waals surface area contributed by atoms with Gasteiger partial charge < -0.3 is 33.2 Å². The predicted molar refractivity (Wildman–Crippen MR) is 91.5 cm³/mol. The van der Waals surface area contributed by atoms with Crippen molar-refractivity contribution in [3.8, 4) is 11.5 Å². The zero-order valence-electron chi connectivity index (χ0n) is 14.8. The first-order valence-corrected chi connectivity index (χ1v) is 8.58. The predicted octanol–water partition coefficient (Wildman–Crippen LogP) is 1.54. The van der Waals surface area contributed by atoms with E-state index in [1.54, 1.807) is 7.11 Å². The monoisotopic (exact) mass is 356 g/mol. The zero-order valence-corrected chi connectivity index (χ0v) is 14.8. The van der Waals surface area contributed by atoms with E-state index in [2.05, 4.69) is 0 Å². The molecule has 1 aliphatic rings. The van der Waals surface area contributed by atoms with E-state index in [4.69, 9.17) is 33.2 Å². The van der Waals surface area contributed by atoms with Crippen molar-refractivity contribution in [1.29, 1.82) is 0 Å². The van der Waals surface area contributed by atoms with Crippen LogP contribution in [-0.4, -0.2) is 79.3 Å². The molecule has 1 fully saturated rings. The van der Waals surface area contributed by atoms with Crippen LogP contribution in [0.2, 0.25) is 0 Å². The van der Waals surface area contributed by atoms with E-state index in [1.165, 1.54) is 0 Å². The minimum atomic E-state index is -0.199. The lowest BCUT2D eigenvalue weighted by molar-refractivity contribution is -0.0608. The van der Waals surface area contributed by atoms with Crippen LogP contribution in [0.3, 0.4) is 0 Å². The molecule has 0 saturated carbocycles. The van der Waals surface area contributed by atoms with Gasteiger partial charge in [-0.2, -0.15) is 0 Å². The number of ether oxygens (including phenoxy) is 7. The summed E-state index contributed by atoms with van der Waals surface area (Å²) in [4.78, 5) is 0. The summed E-state index contributed by atoms with van der Waals surface area (Å²) in [5.41, 5.74) is 0. The maximum atomic E-state index is 5.83. The normalized spacial score (nSPS) is 21.7. The highest BCUT2D eigenvalue weighted by molar-refractivity contribution is 5.39. The summed E-state index contributed by atoms with van der Waals surface area (Å²) in [7, 11) is 1.62. The van der Waals surface area contributed by atoms with Crippen LogP contribution < -0.4 is 9.47 Å². The molecule has 1 aromatic rings. The maximum Gasteiger partial charge on any atom is 0.161 e. The average Bonchev–Trinajstić information content (AvgIpc) is 2.66. The Morgan fingerprint density at radius 3 is 2.00 bits per heavy atom. The smallest absolute Gasteiger partial charge is 0.161 e. The molecule has 1 aliphatic heterocycles. The molecule has 1 atom stereocenters. The molecule has 0 radical (unpaired) electrons. The lowest BCUT2D eigenvalue weighted by Gasteiger charge is -2.19. The van der Waals surface area contributed by atoms with Gasteiger partial charge in [0.05, 0.1) is 66.6 Å². The maximum absolute atomic E-state index is 5.83. The highest BCUT2D eigenvalue weighted by Gasteiger charge is 2.13. The van der Waals surface area contributed by atoms with Crippen molar-refractivity contribution >= 4 is 0 Å². The van der Waals surface area contributed by atoms with Gasteiger partial charge in [0.2, 0.25) is 0 Å². The van der Waals surface area contributed by atoms with Crippen LogP contribution in [0.15, 0.2) is 24.3 Å². The van der Waals surface area contributed by atoms with Crippen LogP contribution in [0.25, 0.3) is 0 Å². The van der Waals surface area contributed by atoms with Gasteiger partial charge in [0.25, 0.3) is 0 Å². The van der Waals surface area contributed by atoms with Crippen molar-refractivity contribution in [3.63, 3.8) is 0 Å². The van der Waals surface area contributed by atoms with Crippen LogP contribution in [0, 0.1) is 0 Å². The average molecular weight is 356 g/mol. The fourth-order valence-corrected chi connectivity index (χ4v) is 2.21. The molecule has 1 aromatic carbocycles. The summed E-state index contributed by atoms with van der Waals surface area (Å²) >= 11 is 0. The largest absolute Gasteiger partial charge is 0.493 e. The van der Waals surface area contributed by atoms with E-state index in [1.807, 2.05) is 24.3 Å². The summed E-state index contributed by atoms with van der Waals surface area (Å²) < 4.78 is 38.8. The molecule has 142 valence electrons. The number of methoxy groups -OCH3 is 1. The topological polar surface area (TPSA) is 64.6 Å². The zero-order chi connectivity index (χ0) is 17.6. The van der Waals surface area contributed by atoms with Gasteiger partial charge in [0.1, 0.15) is 12.7 Å². The quantitative estimate of drug-likeness (QED) is 0.811. The minimum absolute atomic E-state index is 0.199. The number of para-hydroxylation sites is 2. The van der Waals surface area contributed by atoms with Crippen LogP contribution in [0.5, 0.6) is 11.5 Å². The van der Waals surface area contributed by atoms with Crippen molar-refractivity contribution in [2.24, 2.45) is 0 Å². The van der Waals surface area contributed by atoms with Gasteiger partial charge in [-0.25, -0.2) is 0 Å². The van der Waals surface area contributed by atoms with E-state index in [9.17, 15) is 0 Å². The van der Waals surface area contributed by atoms with Crippen molar-refractivity contribution in [3.05, 3.63) is 24.3 Å².